The van der Waals surface area contributed by atoms with Crippen LogP contribution in [-0.2, 0) is 0 Å². The van der Waals surface area contributed by atoms with Gasteiger partial charge in [-0.2, -0.15) is 5.26 Å². The van der Waals surface area contributed by atoms with E-state index in [1.54, 1.807) is 12.1 Å². The van der Waals surface area contributed by atoms with E-state index in [0.29, 0.717) is 17.3 Å². The molecule has 1 saturated carbocycles. The Morgan fingerprint density at radius 3 is 2.73 bits per heavy atom. The van der Waals surface area contributed by atoms with Crippen molar-refractivity contribution in [2.24, 2.45) is 5.92 Å². The Balaban J connectivity index is 2.06. The number of rotatable bonds is 2. The summed E-state index contributed by atoms with van der Waals surface area (Å²) in [5.41, 5.74) is 0.867. The minimum Gasteiger partial charge on any atom is -0.380 e. The van der Waals surface area contributed by atoms with E-state index in [0.717, 1.165) is 18.8 Å². The summed E-state index contributed by atoms with van der Waals surface area (Å²) in [6, 6.07) is 6.84. The topological polar surface area (TPSA) is 35.8 Å². The number of nitrogens with one attached hydrogen (secondary N) is 1. The molecule has 1 aromatic carbocycles. The first kappa shape index (κ1) is 9.97. The monoisotopic (exact) mass is 204 g/mol. The zero-order valence-electron chi connectivity index (χ0n) is 8.63. The Morgan fingerprint density at radius 1 is 1.47 bits per heavy atom. The first-order valence-corrected chi connectivity index (χ1v) is 5.15. The molecular weight excluding hydrogens is 191 g/mol. The number of benzene rings is 1. The maximum Gasteiger partial charge on any atom is 0.147 e. The molecule has 0 aromatic heterocycles. The van der Waals surface area contributed by atoms with Gasteiger partial charge in [-0.1, -0.05) is 6.92 Å². The van der Waals surface area contributed by atoms with E-state index < -0.39 is 0 Å². The summed E-state index contributed by atoms with van der Waals surface area (Å²) in [4.78, 5) is 0. The second-order valence-electron chi connectivity index (χ2n) is 4.22. The maximum absolute atomic E-state index is 13.4. The van der Waals surface area contributed by atoms with Gasteiger partial charge in [0.25, 0.3) is 0 Å². The molecule has 0 aliphatic heterocycles. The zero-order valence-corrected chi connectivity index (χ0v) is 8.63. The molecule has 0 unspecified atom stereocenters. The number of anilines is 1. The highest BCUT2D eigenvalue weighted by atomic mass is 19.1. The molecule has 1 N–H and O–H groups in total. The minimum atomic E-state index is -0.339. The number of halogens is 1. The Labute approximate surface area is 88.7 Å². The SMILES string of the molecule is CC1CC(Nc2ccc(C#N)cc2F)C1. The zero-order chi connectivity index (χ0) is 10.8. The summed E-state index contributed by atoms with van der Waals surface area (Å²) in [7, 11) is 0. The van der Waals surface area contributed by atoms with Gasteiger partial charge in [0.1, 0.15) is 5.82 Å². The smallest absolute Gasteiger partial charge is 0.147 e. The van der Waals surface area contributed by atoms with Gasteiger partial charge < -0.3 is 5.32 Å². The molecule has 0 spiro atoms. The molecule has 1 fully saturated rings. The first-order chi connectivity index (χ1) is 7.19. The molecule has 78 valence electrons. The van der Waals surface area contributed by atoms with Crippen LogP contribution in [0.2, 0.25) is 0 Å². The second-order valence-corrected chi connectivity index (χ2v) is 4.22. The normalized spacial score (nSPS) is 24.1. The maximum atomic E-state index is 13.4. The molecule has 0 atom stereocenters. The van der Waals surface area contributed by atoms with Crippen LogP contribution in [0.25, 0.3) is 0 Å². The van der Waals surface area contributed by atoms with Crippen molar-refractivity contribution in [3.63, 3.8) is 0 Å². The van der Waals surface area contributed by atoms with E-state index in [2.05, 4.69) is 12.2 Å². The van der Waals surface area contributed by atoms with Crippen molar-refractivity contribution in [2.45, 2.75) is 25.8 Å². The molecule has 0 radical (unpaired) electrons. The van der Waals surface area contributed by atoms with Crippen LogP contribution in [0, 0.1) is 23.1 Å². The van der Waals surface area contributed by atoms with Crippen LogP contribution in [0.1, 0.15) is 25.3 Å². The molecule has 1 aliphatic rings. The van der Waals surface area contributed by atoms with Gasteiger partial charge in [0, 0.05) is 6.04 Å². The largest absolute Gasteiger partial charge is 0.380 e. The van der Waals surface area contributed by atoms with Crippen molar-refractivity contribution in [3.8, 4) is 6.07 Å². The lowest BCUT2D eigenvalue weighted by atomic mass is 9.82. The summed E-state index contributed by atoms with van der Waals surface area (Å²) in [5.74, 6) is 0.401. The fourth-order valence-electron chi connectivity index (χ4n) is 1.94. The standard InChI is InChI=1S/C12H13FN2/c1-8-4-10(5-8)15-12-3-2-9(7-14)6-11(12)13/h2-3,6,8,10,15H,4-5H2,1H3. The van der Waals surface area contributed by atoms with Crippen molar-refractivity contribution < 1.29 is 4.39 Å². The Morgan fingerprint density at radius 2 is 2.20 bits per heavy atom. The van der Waals surface area contributed by atoms with Crippen molar-refractivity contribution in [1.29, 1.82) is 5.26 Å². The molecular formula is C12H13FN2. The van der Waals surface area contributed by atoms with Gasteiger partial charge in [-0.3, -0.25) is 0 Å². The third-order valence-corrected chi connectivity index (χ3v) is 2.83. The van der Waals surface area contributed by atoms with E-state index in [1.807, 2.05) is 6.07 Å². The first-order valence-electron chi connectivity index (χ1n) is 5.15. The summed E-state index contributed by atoms with van der Waals surface area (Å²) in [5, 5.41) is 11.7. The van der Waals surface area contributed by atoms with E-state index >= 15 is 0 Å². The van der Waals surface area contributed by atoms with Gasteiger partial charge in [0.2, 0.25) is 0 Å². The molecule has 0 heterocycles. The van der Waals surface area contributed by atoms with Crippen LogP contribution < -0.4 is 5.32 Å². The number of hydrogen-bond acceptors (Lipinski definition) is 2. The van der Waals surface area contributed by atoms with Gasteiger partial charge in [-0.05, 0) is 37.0 Å². The minimum absolute atomic E-state index is 0.339. The van der Waals surface area contributed by atoms with Gasteiger partial charge in [-0.25, -0.2) is 4.39 Å². The van der Waals surface area contributed by atoms with Crippen LogP contribution in [0.4, 0.5) is 10.1 Å². The van der Waals surface area contributed by atoms with Gasteiger partial charge >= 0.3 is 0 Å². The third-order valence-electron chi connectivity index (χ3n) is 2.83. The quantitative estimate of drug-likeness (QED) is 0.804. The third kappa shape index (κ3) is 2.10. The van der Waals surface area contributed by atoms with Crippen molar-refractivity contribution in [3.05, 3.63) is 29.6 Å². The highest BCUT2D eigenvalue weighted by Crippen LogP contribution is 2.30. The summed E-state index contributed by atoms with van der Waals surface area (Å²) < 4.78 is 13.4. The molecule has 2 rings (SSSR count). The van der Waals surface area contributed by atoms with Gasteiger partial charge in [-0.15, -0.1) is 0 Å². The number of nitrogens with zero attached hydrogens (tertiary/aromatic N) is 1. The Bertz CT molecular complexity index is 403. The molecule has 1 aliphatic carbocycles. The summed E-state index contributed by atoms with van der Waals surface area (Å²) >= 11 is 0. The Kier molecular flexibility index (Phi) is 2.59. The second kappa shape index (κ2) is 3.90. The molecule has 3 heteroatoms. The molecule has 0 bridgehead atoms. The fraction of sp³-hybridized carbons (Fsp3) is 0.417. The number of hydrogen-bond donors (Lipinski definition) is 1. The highest BCUT2D eigenvalue weighted by Gasteiger charge is 2.25. The van der Waals surface area contributed by atoms with Gasteiger partial charge in [0.05, 0.1) is 17.3 Å². The van der Waals surface area contributed by atoms with E-state index in [4.69, 9.17) is 5.26 Å². The summed E-state index contributed by atoms with van der Waals surface area (Å²) in [6.45, 7) is 2.19. The molecule has 15 heavy (non-hydrogen) atoms. The average Bonchev–Trinajstić information content (AvgIpc) is 2.18. The number of nitriles is 1. The van der Waals surface area contributed by atoms with Crippen LogP contribution >= 0.6 is 0 Å². The van der Waals surface area contributed by atoms with E-state index in [1.165, 1.54) is 6.07 Å². The van der Waals surface area contributed by atoms with Crippen LogP contribution in [0.15, 0.2) is 18.2 Å². The molecule has 0 amide bonds. The van der Waals surface area contributed by atoms with Crippen LogP contribution in [0.3, 0.4) is 0 Å². The fourth-order valence-corrected chi connectivity index (χ4v) is 1.94. The molecule has 0 saturated heterocycles. The highest BCUT2D eigenvalue weighted by molar-refractivity contribution is 5.49. The predicted molar refractivity (Wildman–Crippen MR) is 56.9 cm³/mol. The lowest BCUT2D eigenvalue weighted by Gasteiger charge is -2.34. The lowest BCUT2D eigenvalue weighted by molar-refractivity contribution is 0.308. The van der Waals surface area contributed by atoms with Crippen molar-refractivity contribution in [2.75, 3.05) is 5.32 Å². The lowest BCUT2D eigenvalue weighted by Crippen LogP contribution is -2.34. The van der Waals surface area contributed by atoms with Crippen molar-refractivity contribution >= 4 is 5.69 Å². The van der Waals surface area contributed by atoms with Crippen LogP contribution in [0.5, 0.6) is 0 Å². The van der Waals surface area contributed by atoms with E-state index in [-0.39, 0.29) is 5.82 Å². The Hall–Kier alpha value is -1.56. The van der Waals surface area contributed by atoms with Crippen molar-refractivity contribution in [1.82, 2.24) is 0 Å². The molecule has 1 aromatic rings. The van der Waals surface area contributed by atoms with Crippen LogP contribution in [-0.4, -0.2) is 6.04 Å². The summed E-state index contributed by atoms with van der Waals surface area (Å²) in [6.07, 6.45) is 2.19. The average molecular weight is 204 g/mol. The molecule has 2 nitrogen and oxygen atoms in total. The van der Waals surface area contributed by atoms with E-state index in [9.17, 15) is 4.39 Å². The van der Waals surface area contributed by atoms with Gasteiger partial charge in [0.15, 0.2) is 0 Å². The predicted octanol–water partition coefficient (Wildman–Crippen LogP) is 2.91.